The van der Waals surface area contributed by atoms with Crippen LogP contribution in [0.1, 0.15) is 5.56 Å². The van der Waals surface area contributed by atoms with Gasteiger partial charge in [0.05, 0.1) is 10.0 Å². The van der Waals surface area contributed by atoms with E-state index in [0.717, 1.165) is 11.1 Å². The molecule has 0 amide bonds. The minimum atomic E-state index is 0.543. The van der Waals surface area contributed by atoms with Crippen molar-refractivity contribution in [3.05, 3.63) is 64.1 Å². The van der Waals surface area contributed by atoms with E-state index >= 15 is 0 Å². The van der Waals surface area contributed by atoms with Gasteiger partial charge in [-0.3, -0.25) is 0 Å². The number of rotatable bonds is 2. The van der Waals surface area contributed by atoms with Crippen molar-refractivity contribution in [3.8, 4) is 22.6 Å². The summed E-state index contributed by atoms with van der Waals surface area (Å²) in [6, 6.07) is 16.8. The minimum absolute atomic E-state index is 0.543. The van der Waals surface area contributed by atoms with Gasteiger partial charge >= 0.3 is 0 Å². The number of halogens is 2. The zero-order valence-corrected chi connectivity index (χ0v) is 12.1. The van der Waals surface area contributed by atoms with Crippen LogP contribution in [0.3, 0.4) is 0 Å². The summed E-state index contributed by atoms with van der Waals surface area (Å²) in [4.78, 5) is 0. The van der Waals surface area contributed by atoms with Gasteiger partial charge < -0.3 is 4.52 Å². The number of aryl methyl sites for hydroxylation is 1. The fourth-order valence-corrected chi connectivity index (χ4v) is 2.54. The van der Waals surface area contributed by atoms with Gasteiger partial charge in [0.1, 0.15) is 5.69 Å². The van der Waals surface area contributed by atoms with Crippen LogP contribution in [-0.2, 0) is 0 Å². The predicted molar refractivity (Wildman–Crippen MR) is 79.8 cm³/mol. The zero-order valence-electron chi connectivity index (χ0n) is 10.6. The minimum Gasteiger partial charge on any atom is -0.356 e. The van der Waals surface area contributed by atoms with Crippen LogP contribution < -0.4 is 0 Å². The lowest BCUT2D eigenvalue weighted by Gasteiger charge is -2.01. The van der Waals surface area contributed by atoms with Gasteiger partial charge in [0.15, 0.2) is 5.76 Å². The largest absolute Gasteiger partial charge is 0.356 e. The Kier molecular flexibility index (Phi) is 3.40. The molecule has 1 aromatic heterocycles. The van der Waals surface area contributed by atoms with Crippen molar-refractivity contribution >= 4 is 23.2 Å². The van der Waals surface area contributed by atoms with E-state index in [1.54, 1.807) is 24.3 Å². The van der Waals surface area contributed by atoms with Crippen molar-refractivity contribution in [2.75, 3.05) is 0 Å². The predicted octanol–water partition coefficient (Wildman–Crippen LogP) is 5.22. The number of nitrogens with zero attached hydrogens (tertiary/aromatic N) is 1. The molecule has 1 heterocycles. The summed E-state index contributed by atoms with van der Waals surface area (Å²) < 4.78 is 5.37. The van der Waals surface area contributed by atoms with Crippen LogP contribution in [0.5, 0.6) is 0 Å². The van der Waals surface area contributed by atoms with E-state index in [9.17, 15) is 0 Å². The second-order valence-corrected chi connectivity index (χ2v) is 5.18. The lowest BCUT2D eigenvalue weighted by molar-refractivity contribution is 0.435. The van der Waals surface area contributed by atoms with Crippen LogP contribution in [0.15, 0.2) is 40.9 Å². The van der Waals surface area contributed by atoms with Crippen LogP contribution >= 0.6 is 23.2 Å². The summed E-state index contributed by atoms with van der Waals surface area (Å²) in [7, 11) is 0. The van der Waals surface area contributed by atoms with Gasteiger partial charge in [0, 0.05) is 22.8 Å². The highest BCUT2D eigenvalue weighted by Gasteiger charge is 2.14. The van der Waals surface area contributed by atoms with E-state index in [1.807, 2.05) is 19.1 Å². The first-order valence-corrected chi connectivity index (χ1v) is 6.72. The van der Waals surface area contributed by atoms with Crippen LogP contribution in [0.4, 0.5) is 0 Å². The van der Waals surface area contributed by atoms with Gasteiger partial charge in [-0.1, -0.05) is 46.6 Å². The molecule has 0 saturated heterocycles. The van der Waals surface area contributed by atoms with Crippen molar-refractivity contribution in [3.63, 3.8) is 0 Å². The maximum absolute atomic E-state index is 6.17. The standard InChI is InChI=1S/C16H9Cl2NO/c1-10-4-2-5-11(8-10)15-9-14(19-20-15)16-12(17)6-3-7-13(16)18/h3,5-9H,1H3. The number of benzene rings is 1. The molecule has 4 heteroatoms. The molecule has 0 bridgehead atoms. The monoisotopic (exact) mass is 301 g/mol. The Morgan fingerprint density at radius 3 is 2.60 bits per heavy atom. The van der Waals surface area contributed by atoms with Gasteiger partial charge in [-0.2, -0.15) is 0 Å². The Morgan fingerprint density at radius 1 is 1.15 bits per heavy atom. The Labute approximate surface area is 126 Å². The number of hydrogen-bond acceptors (Lipinski definition) is 2. The van der Waals surface area contributed by atoms with E-state index in [0.29, 0.717) is 27.1 Å². The highest BCUT2D eigenvalue weighted by Crippen LogP contribution is 2.35. The Hall–Kier alpha value is -1.95. The molecule has 20 heavy (non-hydrogen) atoms. The van der Waals surface area contributed by atoms with Crippen LogP contribution in [0.2, 0.25) is 10.0 Å². The summed E-state index contributed by atoms with van der Waals surface area (Å²) in [5.41, 5.74) is 3.16. The molecule has 3 rings (SSSR count). The highest BCUT2D eigenvalue weighted by molar-refractivity contribution is 6.39. The average molecular weight is 302 g/mol. The summed E-state index contributed by atoms with van der Waals surface area (Å²) in [6.07, 6.45) is 0. The molecule has 0 aliphatic heterocycles. The van der Waals surface area contributed by atoms with Gasteiger partial charge in [-0.05, 0) is 31.2 Å². The summed E-state index contributed by atoms with van der Waals surface area (Å²) in [6.45, 7) is 1.95. The van der Waals surface area contributed by atoms with Crippen LogP contribution in [-0.4, -0.2) is 5.16 Å². The van der Waals surface area contributed by atoms with E-state index in [4.69, 9.17) is 27.7 Å². The Balaban J connectivity index is 2.07. The van der Waals surface area contributed by atoms with Crippen molar-refractivity contribution in [2.45, 2.75) is 6.92 Å². The molecular formula is C16H9Cl2NO. The molecule has 2 aromatic carbocycles. The number of hydrogen-bond donors (Lipinski definition) is 0. The quantitative estimate of drug-likeness (QED) is 0.648. The summed E-state index contributed by atoms with van der Waals surface area (Å²) in [5, 5.41) is 5.13. The average Bonchev–Trinajstić information content (AvgIpc) is 2.88. The lowest BCUT2D eigenvalue weighted by Crippen LogP contribution is -1.80. The van der Waals surface area contributed by atoms with Gasteiger partial charge in [-0.15, -0.1) is 0 Å². The van der Waals surface area contributed by atoms with Crippen molar-refractivity contribution in [1.29, 1.82) is 0 Å². The van der Waals surface area contributed by atoms with E-state index in [2.05, 4.69) is 17.3 Å². The molecule has 0 fully saturated rings. The molecule has 0 N–H and O–H groups in total. The summed E-state index contributed by atoms with van der Waals surface area (Å²) >= 11 is 12.3. The van der Waals surface area contributed by atoms with Crippen molar-refractivity contribution < 1.29 is 4.52 Å². The third-order valence-corrected chi connectivity index (χ3v) is 3.51. The maximum atomic E-state index is 6.17. The van der Waals surface area contributed by atoms with Crippen LogP contribution in [0, 0.1) is 19.1 Å². The first-order valence-electron chi connectivity index (χ1n) is 5.96. The Bertz CT molecular complexity index is 744. The summed E-state index contributed by atoms with van der Waals surface area (Å²) in [5.74, 6) is 0.643. The molecule has 0 aliphatic rings. The van der Waals surface area contributed by atoms with Gasteiger partial charge in [-0.25, -0.2) is 0 Å². The Morgan fingerprint density at radius 2 is 1.90 bits per heavy atom. The van der Waals surface area contributed by atoms with Crippen molar-refractivity contribution in [2.24, 2.45) is 0 Å². The topological polar surface area (TPSA) is 26.0 Å². The second-order valence-electron chi connectivity index (χ2n) is 4.37. The number of aromatic nitrogens is 1. The molecule has 0 unspecified atom stereocenters. The zero-order chi connectivity index (χ0) is 14.1. The molecule has 0 spiro atoms. The van der Waals surface area contributed by atoms with Crippen molar-refractivity contribution in [1.82, 2.24) is 5.16 Å². The smallest absolute Gasteiger partial charge is 0.168 e. The first kappa shape index (κ1) is 13.1. The molecule has 3 aromatic rings. The molecule has 2 nitrogen and oxygen atoms in total. The fourth-order valence-electron chi connectivity index (χ4n) is 1.95. The fraction of sp³-hybridized carbons (Fsp3) is 0.0625. The third kappa shape index (κ3) is 2.38. The molecule has 0 saturated carbocycles. The normalized spacial score (nSPS) is 10.3. The van der Waals surface area contributed by atoms with E-state index in [1.165, 1.54) is 0 Å². The van der Waals surface area contributed by atoms with Gasteiger partial charge in [0.25, 0.3) is 0 Å². The first-order chi connectivity index (χ1) is 9.65. The molecular weight excluding hydrogens is 293 g/mol. The maximum Gasteiger partial charge on any atom is 0.168 e. The van der Waals surface area contributed by atoms with Gasteiger partial charge in [0.2, 0.25) is 0 Å². The molecule has 98 valence electrons. The second kappa shape index (κ2) is 5.20. The SMILES string of the molecule is Cc1c#ccc(-c2cc(-c3c(Cl)cccc3Cl)no2)c1. The third-order valence-electron chi connectivity index (χ3n) is 2.88. The molecule has 0 atom stereocenters. The van der Waals surface area contributed by atoms with Crippen LogP contribution in [0.25, 0.3) is 22.6 Å². The highest BCUT2D eigenvalue weighted by atomic mass is 35.5. The van der Waals surface area contributed by atoms with E-state index < -0.39 is 0 Å². The molecule has 0 aliphatic carbocycles. The lowest BCUT2D eigenvalue weighted by atomic mass is 10.1. The van der Waals surface area contributed by atoms with E-state index in [-0.39, 0.29) is 0 Å². The molecule has 0 radical (unpaired) electrons.